The minimum Gasteiger partial charge on any atom is -0.478 e. The Hall–Kier alpha value is -1.79. The first-order valence-corrected chi connectivity index (χ1v) is 4.58. The molecule has 1 rings (SSSR count). The molecule has 3 nitrogen and oxygen atoms in total. The van der Waals surface area contributed by atoms with Crippen molar-refractivity contribution in [1.82, 2.24) is 0 Å². The van der Waals surface area contributed by atoms with Crippen LogP contribution in [0.15, 0.2) is 24.3 Å². The Morgan fingerprint density at radius 2 is 2.20 bits per heavy atom. The Morgan fingerprint density at radius 1 is 1.47 bits per heavy atom. The molecule has 1 aromatic rings. The van der Waals surface area contributed by atoms with E-state index >= 15 is 0 Å². The quantitative estimate of drug-likeness (QED) is 0.588. The summed E-state index contributed by atoms with van der Waals surface area (Å²) in [6, 6.07) is 6.77. The number of hydrogen-bond acceptors (Lipinski definition) is 2. The zero-order valence-corrected chi connectivity index (χ0v) is 8.27. The summed E-state index contributed by atoms with van der Waals surface area (Å²) in [6.45, 7) is 0.731. The molecule has 0 aliphatic heterocycles. The molecular weight excluding hydrogens is 192 g/mol. The summed E-state index contributed by atoms with van der Waals surface area (Å²) in [5.41, 5.74) is 0.945. The van der Waals surface area contributed by atoms with Crippen LogP contribution >= 0.6 is 0 Å². The van der Waals surface area contributed by atoms with E-state index in [1.165, 1.54) is 0 Å². The van der Waals surface area contributed by atoms with Crippen LogP contribution in [0.2, 0.25) is 0 Å². The molecule has 0 unspecified atom stereocenters. The Balaban J connectivity index is 2.60. The summed E-state index contributed by atoms with van der Waals surface area (Å²) >= 11 is 0. The molecule has 1 N–H and O–H groups in total. The summed E-state index contributed by atoms with van der Waals surface area (Å²) in [5, 5.41) is 8.88. The van der Waals surface area contributed by atoms with Crippen molar-refractivity contribution in [2.75, 3.05) is 6.61 Å². The monoisotopic (exact) mass is 204 g/mol. The Kier molecular flexibility index (Phi) is 4.39. The number of terminal acetylenes is 1. The number of carboxylic acid groups (broad SMARTS) is 1. The van der Waals surface area contributed by atoms with Gasteiger partial charge in [-0.2, -0.15) is 0 Å². The van der Waals surface area contributed by atoms with Gasteiger partial charge in [0.25, 0.3) is 0 Å². The van der Waals surface area contributed by atoms with Gasteiger partial charge in [0.1, 0.15) is 0 Å². The van der Waals surface area contributed by atoms with Crippen LogP contribution in [0.1, 0.15) is 22.3 Å². The van der Waals surface area contributed by atoms with Crippen LogP contribution in [-0.2, 0) is 11.3 Å². The zero-order valence-electron chi connectivity index (χ0n) is 8.27. The van der Waals surface area contributed by atoms with E-state index in [4.69, 9.17) is 16.3 Å². The van der Waals surface area contributed by atoms with Crippen LogP contribution in [-0.4, -0.2) is 17.7 Å². The first-order valence-electron chi connectivity index (χ1n) is 4.58. The molecule has 1 aromatic carbocycles. The highest BCUT2D eigenvalue weighted by Gasteiger charge is 2.08. The fraction of sp³-hybridized carbons (Fsp3) is 0.250. The Bertz CT molecular complexity index is 377. The van der Waals surface area contributed by atoms with E-state index in [9.17, 15) is 4.79 Å². The van der Waals surface area contributed by atoms with Gasteiger partial charge in [-0.25, -0.2) is 4.79 Å². The van der Waals surface area contributed by atoms with Crippen LogP contribution in [0.3, 0.4) is 0 Å². The maximum atomic E-state index is 10.8. The number of aromatic carboxylic acids is 1. The summed E-state index contributed by atoms with van der Waals surface area (Å²) in [4.78, 5) is 10.8. The number of hydrogen-bond donors (Lipinski definition) is 1. The fourth-order valence-electron chi connectivity index (χ4n) is 1.17. The highest BCUT2D eigenvalue weighted by Crippen LogP contribution is 2.09. The molecule has 0 saturated carbocycles. The lowest BCUT2D eigenvalue weighted by atomic mass is 10.1. The van der Waals surface area contributed by atoms with E-state index < -0.39 is 5.97 Å². The van der Waals surface area contributed by atoms with E-state index in [-0.39, 0.29) is 12.2 Å². The number of carbonyl (C=O) groups is 1. The molecule has 0 spiro atoms. The van der Waals surface area contributed by atoms with Crippen LogP contribution in [0.25, 0.3) is 0 Å². The summed E-state index contributed by atoms with van der Waals surface area (Å²) in [5.74, 6) is 1.51. The highest BCUT2D eigenvalue weighted by atomic mass is 16.5. The molecule has 0 bridgehead atoms. The topological polar surface area (TPSA) is 46.5 Å². The minimum atomic E-state index is -0.939. The molecular formula is C12H12O3. The highest BCUT2D eigenvalue weighted by molar-refractivity contribution is 5.89. The van der Waals surface area contributed by atoms with E-state index in [0.29, 0.717) is 18.6 Å². The maximum absolute atomic E-state index is 10.8. The normalized spacial score (nSPS) is 9.53. The molecule has 0 aliphatic rings. The van der Waals surface area contributed by atoms with E-state index in [0.717, 1.165) is 0 Å². The van der Waals surface area contributed by atoms with Crippen molar-refractivity contribution in [3.8, 4) is 12.3 Å². The van der Waals surface area contributed by atoms with Gasteiger partial charge in [0.2, 0.25) is 0 Å². The van der Waals surface area contributed by atoms with Crippen LogP contribution in [0.4, 0.5) is 0 Å². The number of benzene rings is 1. The second-order valence-electron chi connectivity index (χ2n) is 2.97. The third-order valence-electron chi connectivity index (χ3n) is 1.90. The van der Waals surface area contributed by atoms with Crippen molar-refractivity contribution >= 4 is 5.97 Å². The SMILES string of the molecule is C#CCCOCc1ccccc1C(=O)O. The third kappa shape index (κ3) is 3.45. The van der Waals surface area contributed by atoms with Gasteiger partial charge in [-0.1, -0.05) is 18.2 Å². The Labute approximate surface area is 88.7 Å². The molecule has 0 radical (unpaired) electrons. The third-order valence-corrected chi connectivity index (χ3v) is 1.90. The average molecular weight is 204 g/mol. The van der Waals surface area contributed by atoms with Crippen molar-refractivity contribution < 1.29 is 14.6 Å². The van der Waals surface area contributed by atoms with Crippen LogP contribution in [0, 0.1) is 12.3 Å². The predicted molar refractivity (Wildman–Crippen MR) is 56.5 cm³/mol. The maximum Gasteiger partial charge on any atom is 0.336 e. The summed E-state index contributed by atoms with van der Waals surface area (Å²) in [6.07, 6.45) is 5.60. The van der Waals surface area contributed by atoms with Gasteiger partial charge in [-0.15, -0.1) is 12.3 Å². The Morgan fingerprint density at radius 3 is 2.87 bits per heavy atom. The molecule has 0 amide bonds. The lowest BCUT2D eigenvalue weighted by molar-refractivity contribution is 0.0688. The number of carboxylic acids is 1. The van der Waals surface area contributed by atoms with Crippen molar-refractivity contribution in [3.05, 3.63) is 35.4 Å². The average Bonchev–Trinajstić information content (AvgIpc) is 2.25. The van der Waals surface area contributed by atoms with Gasteiger partial charge in [-0.3, -0.25) is 0 Å². The van der Waals surface area contributed by atoms with E-state index in [1.54, 1.807) is 24.3 Å². The lowest BCUT2D eigenvalue weighted by Crippen LogP contribution is -2.04. The molecule has 78 valence electrons. The van der Waals surface area contributed by atoms with Gasteiger partial charge >= 0.3 is 5.97 Å². The van der Waals surface area contributed by atoms with Gasteiger partial charge in [-0.05, 0) is 11.6 Å². The number of ether oxygens (including phenoxy) is 1. The van der Waals surface area contributed by atoms with Gasteiger partial charge in [0.15, 0.2) is 0 Å². The van der Waals surface area contributed by atoms with Gasteiger partial charge in [0.05, 0.1) is 18.8 Å². The second-order valence-corrected chi connectivity index (χ2v) is 2.97. The molecule has 0 aliphatic carbocycles. The van der Waals surface area contributed by atoms with Crippen molar-refractivity contribution in [2.45, 2.75) is 13.0 Å². The zero-order chi connectivity index (χ0) is 11.1. The molecule has 0 fully saturated rings. The smallest absolute Gasteiger partial charge is 0.336 e. The van der Waals surface area contributed by atoms with Crippen molar-refractivity contribution in [3.63, 3.8) is 0 Å². The van der Waals surface area contributed by atoms with Gasteiger partial charge < -0.3 is 9.84 Å². The van der Waals surface area contributed by atoms with E-state index in [1.807, 2.05) is 0 Å². The summed E-state index contributed by atoms with van der Waals surface area (Å²) < 4.78 is 5.25. The first-order chi connectivity index (χ1) is 7.25. The minimum absolute atomic E-state index is 0.276. The molecule has 0 heterocycles. The van der Waals surface area contributed by atoms with Crippen molar-refractivity contribution in [1.29, 1.82) is 0 Å². The number of rotatable bonds is 5. The van der Waals surface area contributed by atoms with Gasteiger partial charge in [0, 0.05) is 6.42 Å². The predicted octanol–water partition coefficient (Wildman–Crippen LogP) is 1.92. The van der Waals surface area contributed by atoms with Crippen LogP contribution < -0.4 is 0 Å². The summed E-state index contributed by atoms with van der Waals surface area (Å²) in [7, 11) is 0. The van der Waals surface area contributed by atoms with Crippen LogP contribution in [0.5, 0.6) is 0 Å². The fourth-order valence-corrected chi connectivity index (χ4v) is 1.17. The van der Waals surface area contributed by atoms with Crippen molar-refractivity contribution in [2.24, 2.45) is 0 Å². The molecule has 0 aromatic heterocycles. The van der Waals surface area contributed by atoms with E-state index in [2.05, 4.69) is 5.92 Å². The molecule has 3 heteroatoms. The lowest BCUT2D eigenvalue weighted by Gasteiger charge is -2.05. The second kappa shape index (κ2) is 5.84. The standard InChI is InChI=1S/C12H12O3/c1-2-3-8-15-9-10-6-4-5-7-11(10)12(13)14/h1,4-7H,3,8-9H2,(H,13,14). The molecule has 0 atom stereocenters. The first kappa shape index (κ1) is 11.3. The molecule has 15 heavy (non-hydrogen) atoms. The molecule has 0 saturated heterocycles. The largest absolute Gasteiger partial charge is 0.478 e.